The Morgan fingerprint density at radius 1 is 1.32 bits per heavy atom. The molecule has 0 aliphatic carbocycles. The van der Waals surface area contributed by atoms with Crippen molar-refractivity contribution in [3.05, 3.63) is 15.9 Å². The second kappa shape index (κ2) is 7.66. The highest BCUT2D eigenvalue weighted by molar-refractivity contribution is 8.13. The molecule has 1 heterocycles. The average molecular weight is 343 g/mol. The van der Waals surface area contributed by atoms with E-state index in [1.807, 2.05) is 0 Å². The number of aliphatic hydroxyl groups excluding tert-OH is 2. The second-order valence-corrected chi connectivity index (χ2v) is 6.21. The lowest BCUT2D eigenvalue weighted by Gasteiger charge is -2.19. The predicted octanol–water partition coefficient (Wildman–Crippen LogP) is 2.18. The summed E-state index contributed by atoms with van der Waals surface area (Å²) >= 11 is 14.0. The van der Waals surface area contributed by atoms with E-state index in [1.165, 1.54) is 18.7 Å². The van der Waals surface area contributed by atoms with Crippen LogP contribution in [0.3, 0.4) is 0 Å². The van der Waals surface area contributed by atoms with Gasteiger partial charge >= 0.3 is 0 Å². The number of carbonyl (C=O) groups excluding carboxylic acids is 1. The number of thioether (sulfide) groups is 2. The third kappa shape index (κ3) is 4.77. The summed E-state index contributed by atoms with van der Waals surface area (Å²) in [5.41, 5.74) is 0.0674. The van der Waals surface area contributed by atoms with Crippen molar-refractivity contribution in [2.45, 2.75) is 24.3 Å². The first-order valence-electron chi connectivity index (χ1n) is 5.13. The minimum atomic E-state index is -1.34. The zero-order valence-electron chi connectivity index (χ0n) is 10.1. The van der Waals surface area contributed by atoms with E-state index in [0.29, 0.717) is 5.16 Å². The summed E-state index contributed by atoms with van der Waals surface area (Å²) in [5, 5.41) is 20.0. The molecular formula is C10H12Cl2N2O3S2. The van der Waals surface area contributed by atoms with Gasteiger partial charge in [0, 0.05) is 12.7 Å². The number of aliphatic hydroxyl groups is 2. The lowest BCUT2D eigenvalue weighted by Crippen LogP contribution is -2.22. The Kier molecular flexibility index (Phi) is 6.85. The molecule has 1 aromatic rings. The lowest BCUT2D eigenvalue weighted by atomic mass is 10.1. The van der Waals surface area contributed by atoms with Gasteiger partial charge in [-0.15, -0.1) is 0 Å². The van der Waals surface area contributed by atoms with E-state index in [4.69, 9.17) is 23.2 Å². The Hall–Kier alpha value is -0.0500. The van der Waals surface area contributed by atoms with Crippen LogP contribution < -0.4 is 0 Å². The van der Waals surface area contributed by atoms with E-state index >= 15 is 0 Å². The zero-order valence-corrected chi connectivity index (χ0v) is 13.3. The third-order valence-electron chi connectivity index (χ3n) is 2.13. The van der Waals surface area contributed by atoms with Gasteiger partial charge in [-0.2, -0.15) is 0 Å². The highest BCUT2D eigenvalue weighted by Crippen LogP contribution is 2.32. The summed E-state index contributed by atoms with van der Waals surface area (Å²) in [6, 6.07) is 0. The Morgan fingerprint density at radius 2 is 1.84 bits per heavy atom. The Morgan fingerprint density at radius 3 is 2.26 bits per heavy atom. The number of carbonyl (C=O) groups is 1. The van der Waals surface area contributed by atoms with Crippen LogP contribution in [0.1, 0.15) is 18.6 Å². The average Bonchev–Trinajstić information content (AvgIpc) is 2.34. The van der Waals surface area contributed by atoms with Crippen LogP contribution in [0.15, 0.2) is 5.16 Å². The molecule has 2 N–H and O–H groups in total. The van der Waals surface area contributed by atoms with Crippen LogP contribution in [0, 0.1) is 0 Å². The Balaban J connectivity index is 2.92. The smallest absolute Gasteiger partial charge is 0.190 e. The van der Waals surface area contributed by atoms with Crippen LogP contribution in [0.4, 0.5) is 0 Å². The molecule has 0 bridgehead atoms. The van der Waals surface area contributed by atoms with E-state index in [0.717, 1.165) is 11.8 Å². The fourth-order valence-corrected chi connectivity index (χ4v) is 2.88. The zero-order chi connectivity index (χ0) is 14.6. The fourth-order valence-electron chi connectivity index (χ4n) is 1.22. The molecule has 0 aliphatic heterocycles. The molecule has 5 nitrogen and oxygen atoms in total. The van der Waals surface area contributed by atoms with Gasteiger partial charge in [0.25, 0.3) is 0 Å². The van der Waals surface area contributed by atoms with Gasteiger partial charge in [0.2, 0.25) is 0 Å². The van der Waals surface area contributed by atoms with Crippen molar-refractivity contribution in [1.29, 1.82) is 0 Å². The van der Waals surface area contributed by atoms with Crippen LogP contribution in [0.5, 0.6) is 0 Å². The number of aromatic nitrogens is 2. The number of hydrogen-bond acceptors (Lipinski definition) is 7. The van der Waals surface area contributed by atoms with Crippen molar-refractivity contribution in [3.63, 3.8) is 0 Å². The maximum atomic E-state index is 10.8. The molecule has 2 unspecified atom stereocenters. The normalized spacial score (nSPS) is 14.2. The standard InChI is InChI=1S/C10H12Cl2N2O3S2/c1-4(15)19-3-5(16)7(17)6-8(11)13-10(18-2)14-9(6)12/h5,7,16-17H,3H2,1-2H3. The summed E-state index contributed by atoms with van der Waals surface area (Å²) in [4.78, 5) is 18.7. The quantitative estimate of drug-likeness (QED) is 0.482. The maximum Gasteiger partial charge on any atom is 0.190 e. The van der Waals surface area contributed by atoms with Crippen LogP contribution in [-0.2, 0) is 4.79 Å². The van der Waals surface area contributed by atoms with Gasteiger partial charge in [-0.1, -0.05) is 46.7 Å². The molecule has 19 heavy (non-hydrogen) atoms. The SMILES string of the molecule is CSc1nc(Cl)c(C(O)C(O)CSC(C)=O)c(Cl)n1. The highest BCUT2D eigenvalue weighted by Gasteiger charge is 2.26. The van der Waals surface area contributed by atoms with Crippen molar-refractivity contribution < 1.29 is 15.0 Å². The summed E-state index contributed by atoms with van der Waals surface area (Å²) in [7, 11) is 0. The number of rotatable bonds is 5. The molecule has 2 atom stereocenters. The number of hydrogen-bond donors (Lipinski definition) is 2. The molecule has 9 heteroatoms. The van der Waals surface area contributed by atoms with Gasteiger partial charge < -0.3 is 10.2 Å². The van der Waals surface area contributed by atoms with Crippen LogP contribution >= 0.6 is 46.7 Å². The molecule has 1 rings (SSSR count). The maximum absolute atomic E-state index is 10.8. The van der Waals surface area contributed by atoms with Crippen molar-refractivity contribution in [2.24, 2.45) is 0 Å². The molecule has 0 spiro atoms. The van der Waals surface area contributed by atoms with Crippen LogP contribution in [0.2, 0.25) is 10.3 Å². The van der Waals surface area contributed by atoms with Gasteiger partial charge in [0.15, 0.2) is 10.3 Å². The third-order valence-corrected chi connectivity index (χ3v) is 4.17. The fraction of sp³-hybridized carbons (Fsp3) is 0.500. The molecular weight excluding hydrogens is 331 g/mol. The molecule has 0 saturated heterocycles. The topological polar surface area (TPSA) is 83.3 Å². The van der Waals surface area contributed by atoms with Gasteiger partial charge in [-0.25, -0.2) is 9.97 Å². The summed E-state index contributed by atoms with van der Waals surface area (Å²) in [6.07, 6.45) is -0.772. The molecule has 0 aromatic carbocycles. The van der Waals surface area contributed by atoms with Crippen molar-refractivity contribution in [1.82, 2.24) is 9.97 Å². The predicted molar refractivity (Wildman–Crippen MR) is 77.9 cm³/mol. The lowest BCUT2D eigenvalue weighted by molar-refractivity contribution is -0.109. The van der Waals surface area contributed by atoms with Crippen LogP contribution in [-0.4, -0.2) is 43.4 Å². The molecule has 1 aromatic heterocycles. The molecule has 0 amide bonds. The minimum absolute atomic E-state index is 0.0104. The monoisotopic (exact) mass is 342 g/mol. The molecule has 106 valence electrons. The van der Waals surface area contributed by atoms with E-state index < -0.39 is 12.2 Å². The molecule has 0 fully saturated rings. The number of halogens is 2. The summed E-state index contributed by atoms with van der Waals surface area (Å²) in [6.45, 7) is 1.38. The first-order valence-corrected chi connectivity index (χ1v) is 8.09. The van der Waals surface area contributed by atoms with Crippen molar-refractivity contribution in [2.75, 3.05) is 12.0 Å². The first-order chi connectivity index (χ1) is 8.86. The number of nitrogens with zero attached hydrogens (tertiary/aromatic N) is 2. The highest BCUT2D eigenvalue weighted by atomic mass is 35.5. The molecule has 0 saturated carbocycles. The summed E-state index contributed by atoms with van der Waals surface area (Å²) in [5.74, 6) is 0.0352. The van der Waals surface area contributed by atoms with Gasteiger partial charge in [-0.05, 0) is 6.26 Å². The Bertz CT molecular complexity index is 453. The molecule has 0 radical (unpaired) electrons. The van der Waals surface area contributed by atoms with E-state index in [2.05, 4.69) is 9.97 Å². The van der Waals surface area contributed by atoms with E-state index in [9.17, 15) is 15.0 Å². The Labute approximate surface area is 129 Å². The largest absolute Gasteiger partial charge is 0.389 e. The minimum Gasteiger partial charge on any atom is -0.389 e. The van der Waals surface area contributed by atoms with E-state index in [-0.39, 0.29) is 26.7 Å². The first kappa shape index (κ1) is 17.0. The summed E-state index contributed by atoms with van der Waals surface area (Å²) < 4.78 is 0. The van der Waals surface area contributed by atoms with Gasteiger partial charge in [-0.3, -0.25) is 4.79 Å². The van der Waals surface area contributed by atoms with Crippen molar-refractivity contribution in [3.8, 4) is 0 Å². The van der Waals surface area contributed by atoms with Gasteiger partial charge in [0.1, 0.15) is 16.4 Å². The van der Waals surface area contributed by atoms with Gasteiger partial charge in [0.05, 0.1) is 11.7 Å². The molecule has 0 aliphatic rings. The second-order valence-electron chi connectivity index (χ2n) is 3.52. The van der Waals surface area contributed by atoms with Crippen LogP contribution in [0.25, 0.3) is 0 Å². The van der Waals surface area contributed by atoms with Crippen molar-refractivity contribution >= 4 is 51.8 Å². The van der Waals surface area contributed by atoms with E-state index in [1.54, 1.807) is 6.26 Å².